The van der Waals surface area contributed by atoms with Crippen LogP contribution in [-0.4, -0.2) is 12.1 Å². The van der Waals surface area contributed by atoms with Gasteiger partial charge in [-0.15, -0.1) is 0 Å². The van der Waals surface area contributed by atoms with Gasteiger partial charge in [0, 0.05) is 6.92 Å². The zero-order chi connectivity index (χ0) is 12.1. The molecule has 0 heterocycles. The van der Waals surface area contributed by atoms with Crippen LogP contribution < -0.4 is 0 Å². The Morgan fingerprint density at radius 3 is 2.62 bits per heavy atom. The molecule has 0 aromatic rings. The maximum atomic E-state index is 10.8. The molecule has 1 rings (SSSR count). The Kier molecular flexibility index (Phi) is 5.30. The molecule has 1 aliphatic rings. The van der Waals surface area contributed by atoms with Crippen LogP contribution in [0.2, 0.25) is 0 Å². The largest absolute Gasteiger partial charge is 0.463 e. The number of rotatable bonds is 4. The third-order valence-corrected chi connectivity index (χ3v) is 3.92. The average Bonchev–Trinajstić information content (AvgIpc) is 2.15. The highest BCUT2D eigenvalue weighted by Gasteiger charge is 2.25. The van der Waals surface area contributed by atoms with Crippen LogP contribution in [0.15, 0.2) is 0 Å². The van der Waals surface area contributed by atoms with Crippen molar-refractivity contribution in [3.05, 3.63) is 0 Å². The van der Waals surface area contributed by atoms with Crippen LogP contribution in [0.1, 0.15) is 59.8 Å². The molecule has 16 heavy (non-hydrogen) atoms. The van der Waals surface area contributed by atoms with Gasteiger partial charge in [0.2, 0.25) is 0 Å². The van der Waals surface area contributed by atoms with Crippen molar-refractivity contribution in [2.45, 2.75) is 65.9 Å². The molecule has 0 bridgehead atoms. The third-order valence-electron chi connectivity index (χ3n) is 3.92. The molecule has 0 unspecified atom stereocenters. The van der Waals surface area contributed by atoms with Crippen molar-refractivity contribution in [2.75, 3.05) is 0 Å². The summed E-state index contributed by atoms with van der Waals surface area (Å²) in [7, 11) is 0. The third kappa shape index (κ3) is 4.54. The predicted octanol–water partition coefficient (Wildman–Crippen LogP) is 3.79. The molecule has 0 amide bonds. The van der Waals surface area contributed by atoms with Crippen LogP contribution in [0.4, 0.5) is 0 Å². The van der Waals surface area contributed by atoms with Crippen LogP contribution >= 0.6 is 0 Å². The summed E-state index contributed by atoms with van der Waals surface area (Å²) in [4.78, 5) is 10.8. The van der Waals surface area contributed by atoms with Crippen LogP contribution in [-0.2, 0) is 9.53 Å². The summed E-state index contributed by atoms with van der Waals surface area (Å²) in [6.07, 6.45) is 6.41. The van der Waals surface area contributed by atoms with Gasteiger partial charge in [0.15, 0.2) is 0 Å². The maximum Gasteiger partial charge on any atom is 0.302 e. The van der Waals surface area contributed by atoms with E-state index in [9.17, 15) is 4.79 Å². The molecule has 2 heteroatoms. The smallest absolute Gasteiger partial charge is 0.302 e. The van der Waals surface area contributed by atoms with Gasteiger partial charge < -0.3 is 4.74 Å². The first-order chi connectivity index (χ1) is 7.49. The molecular weight excluding hydrogens is 200 g/mol. The van der Waals surface area contributed by atoms with E-state index in [1.165, 1.54) is 32.6 Å². The van der Waals surface area contributed by atoms with Crippen LogP contribution in [0, 0.1) is 17.8 Å². The van der Waals surface area contributed by atoms with Gasteiger partial charge in [-0.3, -0.25) is 4.79 Å². The first-order valence-electron chi connectivity index (χ1n) is 6.66. The van der Waals surface area contributed by atoms with E-state index in [1.807, 2.05) is 6.92 Å². The highest BCUT2D eigenvalue weighted by atomic mass is 16.5. The van der Waals surface area contributed by atoms with E-state index in [0.717, 1.165) is 24.2 Å². The first kappa shape index (κ1) is 13.5. The number of ether oxygens (including phenoxy) is 1. The molecule has 0 radical (unpaired) electrons. The molecule has 0 aromatic heterocycles. The highest BCUT2D eigenvalue weighted by Crippen LogP contribution is 2.36. The average molecular weight is 226 g/mol. The maximum absolute atomic E-state index is 10.8. The minimum atomic E-state index is -0.155. The minimum absolute atomic E-state index is 0.0871. The Bertz CT molecular complexity index is 225. The second-order valence-corrected chi connectivity index (χ2v) is 5.65. The molecule has 0 N–H and O–H groups in total. The summed E-state index contributed by atoms with van der Waals surface area (Å²) in [5.41, 5.74) is 0. The van der Waals surface area contributed by atoms with Crippen molar-refractivity contribution in [2.24, 2.45) is 17.8 Å². The van der Waals surface area contributed by atoms with Gasteiger partial charge in [-0.05, 0) is 50.4 Å². The molecule has 4 atom stereocenters. The number of hydrogen-bond acceptors (Lipinski definition) is 2. The van der Waals surface area contributed by atoms with Gasteiger partial charge in [-0.25, -0.2) is 0 Å². The lowest BCUT2D eigenvalue weighted by atomic mass is 9.73. The van der Waals surface area contributed by atoms with Crippen molar-refractivity contribution < 1.29 is 9.53 Å². The van der Waals surface area contributed by atoms with E-state index in [1.54, 1.807) is 0 Å². The minimum Gasteiger partial charge on any atom is -0.463 e. The number of hydrogen-bond donors (Lipinski definition) is 0. The summed E-state index contributed by atoms with van der Waals surface area (Å²) < 4.78 is 5.16. The van der Waals surface area contributed by atoms with Gasteiger partial charge in [0.05, 0.1) is 6.10 Å². The normalized spacial score (nSPS) is 32.1. The molecule has 0 aliphatic heterocycles. The Morgan fingerprint density at radius 2 is 2.06 bits per heavy atom. The lowest BCUT2D eigenvalue weighted by molar-refractivity contribution is -0.145. The van der Waals surface area contributed by atoms with Gasteiger partial charge >= 0.3 is 5.97 Å². The van der Waals surface area contributed by atoms with Gasteiger partial charge in [0.1, 0.15) is 0 Å². The summed E-state index contributed by atoms with van der Waals surface area (Å²) in [5.74, 6) is 2.43. The summed E-state index contributed by atoms with van der Waals surface area (Å²) in [5, 5.41) is 0. The summed E-state index contributed by atoms with van der Waals surface area (Å²) >= 11 is 0. The van der Waals surface area contributed by atoms with E-state index >= 15 is 0 Å². The Labute approximate surface area is 99.8 Å². The molecule has 0 spiro atoms. The highest BCUT2D eigenvalue weighted by molar-refractivity contribution is 5.66. The molecule has 1 fully saturated rings. The Hall–Kier alpha value is -0.530. The lowest BCUT2D eigenvalue weighted by Gasteiger charge is -2.33. The van der Waals surface area contributed by atoms with Crippen molar-refractivity contribution in [1.29, 1.82) is 0 Å². The van der Waals surface area contributed by atoms with Crippen molar-refractivity contribution >= 4 is 5.97 Å². The second-order valence-electron chi connectivity index (χ2n) is 5.65. The Balaban J connectivity index is 2.24. The van der Waals surface area contributed by atoms with Gasteiger partial charge in [-0.1, -0.05) is 20.3 Å². The van der Waals surface area contributed by atoms with E-state index < -0.39 is 0 Å². The molecule has 94 valence electrons. The zero-order valence-corrected chi connectivity index (χ0v) is 11.2. The van der Waals surface area contributed by atoms with Crippen molar-refractivity contribution in [3.8, 4) is 0 Å². The van der Waals surface area contributed by atoms with Gasteiger partial charge in [0.25, 0.3) is 0 Å². The quantitative estimate of drug-likeness (QED) is 0.682. The topological polar surface area (TPSA) is 26.3 Å². The number of carbonyl (C=O) groups excluding carboxylic acids is 1. The molecule has 1 saturated carbocycles. The van der Waals surface area contributed by atoms with Gasteiger partial charge in [-0.2, -0.15) is 0 Å². The SMILES string of the molecule is CC(=O)O[C@H](C)CC[C@@H]1CC[C@@H](C)C[C@H]1C. The summed E-state index contributed by atoms with van der Waals surface area (Å²) in [6, 6.07) is 0. The van der Waals surface area contributed by atoms with Crippen LogP contribution in [0.3, 0.4) is 0 Å². The molecule has 0 saturated heterocycles. The lowest BCUT2D eigenvalue weighted by Crippen LogP contribution is -2.23. The first-order valence-corrected chi connectivity index (χ1v) is 6.66. The summed E-state index contributed by atoms with van der Waals surface area (Å²) in [6.45, 7) is 8.21. The predicted molar refractivity (Wildman–Crippen MR) is 66.1 cm³/mol. The van der Waals surface area contributed by atoms with E-state index in [0.29, 0.717) is 0 Å². The zero-order valence-electron chi connectivity index (χ0n) is 11.2. The van der Waals surface area contributed by atoms with Crippen molar-refractivity contribution in [1.82, 2.24) is 0 Å². The van der Waals surface area contributed by atoms with Crippen molar-refractivity contribution in [3.63, 3.8) is 0 Å². The molecule has 2 nitrogen and oxygen atoms in total. The van der Waals surface area contributed by atoms with E-state index in [-0.39, 0.29) is 12.1 Å². The molecule has 1 aliphatic carbocycles. The fraction of sp³-hybridized carbons (Fsp3) is 0.929. The van der Waals surface area contributed by atoms with Crippen LogP contribution in [0.25, 0.3) is 0 Å². The fourth-order valence-corrected chi connectivity index (χ4v) is 2.95. The fourth-order valence-electron chi connectivity index (χ4n) is 2.95. The number of esters is 1. The van der Waals surface area contributed by atoms with E-state index in [2.05, 4.69) is 13.8 Å². The Morgan fingerprint density at radius 1 is 1.38 bits per heavy atom. The molecular formula is C14H26O2. The van der Waals surface area contributed by atoms with Crippen LogP contribution in [0.5, 0.6) is 0 Å². The number of carbonyl (C=O) groups is 1. The second kappa shape index (κ2) is 6.27. The monoisotopic (exact) mass is 226 g/mol. The standard InChI is InChI=1S/C14H26O2/c1-10-5-7-14(11(2)9-10)8-6-12(3)16-13(4)15/h10-12,14H,5-9H2,1-4H3/t10-,11-,12-,14+/m1/s1. The van der Waals surface area contributed by atoms with E-state index in [4.69, 9.17) is 4.74 Å². The molecule has 0 aromatic carbocycles.